The van der Waals surface area contributed by atoms with E-state index in [-0.39, 0.29) is 5.75 Å². The molecule has 20 heavy (non-hydrogen) atoms. The molecule has 1 unspecified atom stereocenters. The quantitative estimate of drug-likeness (QED) is 0.795. The highest BCUT2D eigenvalue weighted by atomic mass is 79.9. The summed E-state index contributed by atoms with van der Waals surface area (Å²) in [4.78, 5) is 0. The number of rotatable bonds is 4. The highest BCUT2D eigenvalue weighted by molar-refractivity contribution is 9.10. The number of hydrogen-bond donors (Lipinski definition) is 1. The highest BCUT2D eigenvalue weighted by Gasteiger charge is 2.16. The van der Waals surface area contributed by atoms with Crippen LogP contribution in [0, 0.1) is 11.6 Å². The molecule has 0 aliphatic rings. The molecule has 0 aliphatic heterocycles. The number of ether oxygens (including phenoxy) is 1. The zero-order chi connectivity index (χ0) is 14.7. The van der Waals surface area contributed by atoms with Crippen LogP contribution >= 0.6 is 15.9 Å². The lowest BCUT2D eigenvalue weighted by Gasteiger charge is -2.15. The van der Waals surface area contributed by atoms with Gasteiger partial charge in [-0.3, -0.25) is 0 Å². The molecule has 0 aromatic heterocycles. The molecule has 0 saturated heterocycles. The first-order chi connectivity index (χ1) is 9.52. The van der Waals surface area contributed by atoms with Gasteiger partial charge in [0.15, 0.2) is 11.6 Å². The van der Waals surface area contributed by atoms with Crippen LogP contribution in [0.1, 0.15) is 25.0 Å². The maximum atomic E-state index is 13.7. The lowest BCUT2D eigenvalue weighted by molar-refractivity contribution is 0.170. The third-order valence-corrected chi connectivity index (χ3v) is 3.30. The summed E-state index contributed by atoms with van der Waals surface area (Å²) in [5.74, 6) is -1.98. The van der Waals surface area contributed by atoms with Crippen molar-refractivity contribution in [3.63, 3.8) is 0 Å². The van der Waals surface area contributed by atoms with E-state index in [9.17, 15) is 13.9 Å². The molecule has 2 rings (SSSR count). The van der Waals surface area contributed by atoms with E-state index >= 15 is 0 Å². The average Bonchev–Trinajstić information content (AvgIpc) is 2.44. The molecular formula is C15H13BrF2O2. The summed E-state index contributed by atoms with van der Waals surface area (Å²) in [5, 5.41) is 9.91. The first-order valence-corrected chi connectivity index (χ1v) is 6.91. The van der Waals surface area contributed by atoms with E-state index in [0.717, 1.165) is 6.07 Å². The second-order valence-electron chi connectivity index (χ2n) is 4.26. The summed E-state index contributed by atoms with van der Waals surface area (Å²) in [5.41, 5.74) is 0.537. The van der Waals surface area contributed by atoms with Gasteiger partial charge >= 0.3 is 0 Å². The number of hydrogen-bond acceptors (Lipinski definition) is 2. The second-order valence-corrected chi connectivity index (χ2v) is 5.18. The predicted molar refractivity (Wildman–Crippen MR) is 75.8 cm³/mol. The summed E-state index contributed by atoms with van der Waals surface area (Å²) >= 11 is 3.09. The van der Waals surface area contributed by atoms with Gasteiger partial charge in [-0.05, 0) is 24.6 Å². The van der Waals surface area contributed by atoms with Crippen LogP contribution in [0.25, 0.3) is 0 Å². The summed E-state index contributed by atoms with van der Waals surface area (Å²) in [6, 6.07) is 9.11. The van der Waals surface area contributed by atoms with Gasteiger partial charge in [0.25, 0.3) is 0 Å². The maximum absolute atomic E-state index is 13.7. The Balaban J connectivity index is 2.40. The van der Waals surface area contributed by atoms with Crippen LogP contribution in [0.5, 0.6) is 11.5 Å². The Labute approximate surface area is 124 Å². The molecular weight excluding hydrogens is 330 g/mol. The summed E-state index contributed by atoms with van der Waals surface area (Å²) in [7, 11) is 0. The molecule has 0 bridgehead atoms. The summed E-state index contributed by atoms with van der Waals surface area (Å²) in [6.45, 7) is 1.82. The second kappa shape index (κ2) is 6.33. The van der Waals surface area contributed by atoms with Gasteiger partial charge in [0.05, 0.1) is 6.10 Å². The molecule has 106 valence electrons. The van der Waals surface area contributed by atoms with Crippen molar-refractivity contribution >= 4 is 15.9 Å². The van der Waals surface area contributed by atoms with Crippen molar-refractivity contribution in [2.24, 2.45) is 0 Å². The first-order valence-electron chi connectivity index (χ1n) is 6.12. The molecule has 0 spiro atoms. The van der Waals surface area contributed by atoms with Gasteiger partial charge in [-0.15, -0.1) is 0 Å². The van der Waals surface area contributed by atoms with Gasteiger partial charge in [0.2, 0.25) is 5.82 Å². The van der Waals surface area contributed by atoms with Crippen LogP contribution in [0.3, 0.4) is 0 Å². The molecule has 0 radical (unpaired) electrons. The summed E-state index contributed by atoms with van der Waals surface area (Å²) in [6.07, 6.45) is -0.221. The Bertz CT molecular complexity index is 617. The molecule has 0 aliphatic carbocycles. The van der Waals surface area contributed by atoms with Gasteiger partial charge in [-0.2, -0.15) is 4.39 Å². The Hall–Kier alpha value is -1.46. The van der Waals surface area contributed by atoms with Crippen molar-refractivity contribution in [3.8, 4) is 11.5 Å². The third kappa shape index (κ3) is 3.16. The van der Waals surface area contributed by atoms with E-state index in [1.54, 1.807) is 24.3 Å². The Morgan fingerprint density at radius 3 is 2.60 bits per heavy atom. The summed E-state index contributed by atoms with van der Waals surface area (Å²) < 4.78 is 32.8. The van der Waals surface area contributed by atoms with Crippen LogP contribution in [0.15, 0.2) is 40.9 Å². The zero-order valence-corrected chi connectivity index (χ0v) is 12.3. The molecule has 5 heteroatoms. The first kappa shape index (κ1) is 14.9. The monoisotopic (exact) mass is 342 g/mol. The van der Waals surface area contributed by atoms with Crippen molar-refractivity contribution in [2.75, 3.05) is 0 Å². The van der Waals surface area contributed by atoms with Crippen LogP contribution in [-0.2, 0) is 0 Å². The van der Waals surface area contributed by atoms with E-state index in [1.807, 2.05) is 6.92 Å². The lowest BCUT2D eigenvalue weighted by atomic mass is 10.1. The normalized spacial score (nSPS) is 12.2. The molecule has 2 nitrogen and oxygen atoms in total. The van der Waals surface area contributed by atoms with E-state index in [2.05, 4.69) is 15.9 Å². The van der Waals surface area contributed by atoms with Crippen LogP contribution in [-0.4, -0.2) is 5.11 Å². The Kier molecular flexibility index (Phi) is 4.73. The fourth-order valence-electron chi connectivity index (χ4n) is 1.79. The molecule has 0 saturated carbocycles. The van der Waals surface area contributed by atoms with E-state index in [0.29, 0.717) is 22.2 Å². The maximum Gasteiger partial charge on any atom is 0.201 e. The smallest absolute Gasteiger partial charge is 0.201 e. The standard InChI is InChI=1S/C15H13BrF2O2/c1-2-12(19)10-5-3-4-6-13(10)20-14-8-9(16)7-11(17)15(14)18/h3-8,12,19H,2H2,1H3. The van der Waals surface area contributed by atoms with Crippen molar-refractivity contribution in [3.05, 3.63) is 58.1 Å². The molecule has 0 amide bonds. The topological polar surface area (TPSA) is 29.5 Å². The van der Waals surface area contributed by atoms with Crippen molar-refractivity contribution in [2.45, 2.75) is 19.4 Å². The largest absolute Gasteiger partial charge is 0.454 e. The minimum absolute atomic E-state index is 0.229. The number of para-hydroxylation sites is 1. The molecule has 0 fully saturated rings. The Morgan fingerprint density at radius 2 is 1.90 bits per heavy atom. The molecule has 1 N–H and O–H groups in total. The van der Waals surface area contributed by atoms with Crippen LogP contribution in [0.4, 0.5) is 8.78 Å². The van der Waals surface area contributed by atoms with E-state index < -0.39 is 17.7 Å². The SMILES string of the molecule is CCC(O)c1ccccc1Oc1cc(Br)cc(F)c1F. The van der Waals surface area contributed by atoms with Gasteiger partial charge in [-0.25, -0.2) is 4.39 Å². The number of aliphatic hydroxyl groups excluding tert-OH is 1. The average molecular weight is 343 g/mol. The minimum atomic E-state index is -1.06. The zero-order valence-electron chi connectivity index (χ0n) is 10.7. The molecule has 0 heterocycles. The van der Waals surface area contributed by atoms with Gasteiger partial charge < -0.3 is 9.84 Å². The van der Waals surface area contributed by atoms with Crippen molar-refractivity contribution in [1.29, 1.82) is 0 Å². The van der Waals surface area contributed by atoms with Gasteiger partial charge in [0, 0.05) is 10.0 Å². The minimum Gasteiger partial charge on any atom is -0.454 e. The lowest BCUT2D eigenvalue weighted by Crippen LogP contribution is -2.00. The third-order valence-electron chi connectivity index (χ3n) is 2.84. The van der Waals surface area contributed by atoms with Crippen molar-refractivity contribution < 1.29 is 18.6 Å². The van der Waals surface area contributed by atoms with Gasteiger partial charge in [0.1, 0.15) is 5.75 Å². The van der Waals surface area contributed by atoms with Crippen molar-refractivity contribution in [1.82, 2.24) is 0 Å². The fourth-order valence-corrected chi connectivity index (χ4v) is 2.20. The molecule has 2 aromatic rings. The molecule has 2 aromatic carbocycles. The Morgan fingerprint density at radius 1 is 1.20 bits per heavy atom. The van der Waals surface area contributed by atoms with E-state index in [4.69, 9.17) is 4.74 Å². The number of aliphatic hydroxyl groups is 1. The molecule has 1 atom stereocenters. The van der Waals surface area contributed by atoms with Crippen LogP contribution < -0.4 is 4.74 Å². The number of halogens is 3. The van der Waals surface area contributed by atoms with E-state index in [1.165, 1.54) is 6.07 Å². The van der Waals surface area contributed by atoms with Crippen LogP contribution in [0.2, 0.25) is 0 Å². The predicted octanol–water partition coefficient (Wildman–Crippen LogP) is 4.96. The number of benzene rings is 2. The van der Waals surface area contributed by atoms with Gasteiger partial charge in [-0.1, -0.05) is 41.1 Å². The fraction of sp³-hybridized carbons (Fsp3) is 0.200. The highest BCUT2D eigenvalue weighted by Crippen LogP contribution is 2.34.